The van der Waals surface area contributed by atoms with Crippen LogP contribution in [0, 0.1) is 17.7 Å². The van der Waals surface area contributed by atoms with E-state index in [4.69, 9.17) is 17.3 Å². The van der Waals surface area contributed by atoms with Crippen molar-refractivity contribution < 1.29 is 14.0 Å². The normalized spacial score (nSPS) is 20.5. The topological polar surface area (TPSA) is 79.0 Å². The molecule has 2 atom stereocenters. The highest BCUT2D eigenvalue weighted by atomic mass is 35.5. The number of halogens is 2. The Hall–Kier alpha value is -2.93. The lowest BCUT2D eigenvalue weighted by molar-refractivity contribution is -0.130. The van der Waals surface area contributed by atoms with Gasteiger partial charge < -0.3 is 15.5 Å². The van der Waals surface area contributed by atoms with Gasteiger partial charge in [0, 0.05) is 54.7 Å². The largest absolute Gasteiger partial charge is 0.382 e. The SMILES string of the molecule is C=C(C1CCCN(C(C)=O)C1)N1C(CC)=CN=C(N)/C1=C(\c1c(F)cc(C(C)=O)cc1Cl)C(C)CC. The van der Waals surface area contributed by atoms with Crippen LogP contribution in [0.4, 0.5) is 4.39 Å². The highest BCUT2D eigenvalue weighted by Crippen LogP contribution is 2.42. The minimum Gasteiger partial charge on any atom is -0.382 e. The summed E-state index contributed by atoms with van der Waals surface area (Å²) in [6, 6.07) is 2.73. The molecule has 36 heavy (non-hydrogen) atoms. The minimum atomic E-state index is -0.582. The van der Waals surface area contributed by atoms with Crippen LogP contribution in [0.2, 0.25) is 5.02 Å². The average Bonchev–Trinajstić information content (AvgIpc) is 2.85. The van der Waals surface area contributed by atoms with Crippen LogP contribution in [0.25, 0.3) is 5.57 Å². The van der Waals surface area contributed by atoms with Crippen LogP contribution in [-0.4, -0.2) is 40.4 Å². The molecule has 0 aliphatic carbocycles. The summed E-state index contributed by atoms with van der Waals surface area (Å²) in [5.41, 5.74) is 9.79. The van der Waals surface area contributed by atoms with E-state index in [9.17, 15) is 9.59 Å². The zero-order valence-electron chi connectivity index (χ0n) is 21.8. The summed E-state index contributed by atoms with van der Waals surface area (Å²) >= 11 is 6.63. The van der Waals surface area contributed by atoms with Gasteiger partial charge in [0.05, 0.1) is 10.7 Å². The van der Waals surface area contributed by atoms with E-state index in [1.54, 1.807) is 13.1 Å². The number of amidine groups is 1. The Kier molecular flexibility index (Phi) is 8.77. The van der Waals surface area contributed by atoms with Crippen molar-refractivity contribution in [1.82, 2.24) is 9.80 Å². The number of rotatable bonds is 7. The number of Topliss-reactive ketones (excluding diaryl/α,β-unsaturated/α-hetero) is 1. The summed E-state index contributed by atoms with van der Waals surface area (Å²) in [7, 11) is 0. The lowest BCUT2D eigenvalue weighted by Crippen LogP contribution is -2.43. The number of hydrogen-bond donors (Lipinski definition) is 1. The lowest BCUT2D eigenvalue weighted by atomic mass is 9.86. The molecule has 2 unspecified atom stereocenters. The summed E-state index contributed by atoms with van der Waals surface area (Å²) in [5, 5.41) is 0.148. The quantitative estimate of drug-likeness (QED) is 0.443. The van der Waals surface area contributed by atoms with Gasteiger partial charge >= 0.3 is 0 Å². The third kappa shape index (κ3) is 5.41. The molecule has 194 valence electrons. The van der Waals surface area contributed by atoms with Crippen molar-refractivity contribution in [2.24, 2.45) is 22.6 Å². The number of aliphatic imine (C=N–C) groups is 1. The fourth-order valence-electron chi connectivity index (χ4n) is 4.91. The highest BCUT2D eigenvalue weighted by molar-refractivity contribution is 6.33. The van der Waals surface area contributed by atoms with Gasteiger partial charge in [-0.1, -0.05) is 39.0 Å². The van der Waals surface area contributed by atoms with Gasteiger partial charge in [-0.3, -0.25) is 9.59 Å². The number of nitrogens with two attached hydrogens (primary N) is 1. The Morgan fingerprint density at radius 1 is 1.31 bits per heavy atom. The highest BCUT2D eigenvalue weighted by Gasteiger charge is 2.35. The molecule has 0 saturated carbocycles. The maximum atomic E-state index is 15.7. The van der Waals surface area contributed by atoms with E-state index in [0.29, 0.717) is 30.7 Å². The third-order valence-electron chi connectivity index (χ3n) is 7.17. The van der Waals surface area contributed by atoms with Crippen molar-refractivity contribution >= 4 is 34.7 Å². The molecule has 1 fully saturated rings. The first-order valence-corrected chi connectivity index (χ1v) is 12.9. The molecule has 1 aromatic rings. The van der Waals surface area contributed by atoms with Crippen LogP contribution in [-0.2, 0) is 4.79 Å². The predicted octanol–water partition coefficient (Wildman–Crippen LogP) is 6.14. The van der Waals surface area contributed by atoms with Crippen LogP contribution >= 0.6 is 11.6 Å². The minimum absolute atomic E-state index is 0.0112. The zero-order valence-corrected chi connectivity index (χ0v) is 22.6. The number of likely N-dealkylation sites (tertiary alicyclic amines) is 1. The van der Waals surface area contributed by atoms with Gasteiger partial charge in [0.2, 0.25) is 5.91 Å². The number of benzene rings is 1. The van der Waals surface area contributed by atoms with Crippen molar-refractivity contribution in [1.29, 1.82) is 0 Å². The van der Waals surface area contributed by atoms with E-state index >= 15 is 4.39 Å². The molecule has 1 aromatic carbocycles. The molecule has 2 aliphatic rings. The molecule has 8 heteroatoms. The predicted molar refractivity (Wildman–Crippen MR) is 144 cm³/mol. The molecular formula is C28H36ClFN4O2. The summed E-state index contributed by atoms with van der Waals surface area (Å²) in [6.45, 7) is 14.7. The molecule has 0 bridgehead atoms. The van der Waals surface area contributed by atoms with Crippen LogP contribution in [0.1, 0.15) is 76.2 Å². The van der Waals surface area contributed by atoms with Gasteiger partial charge in [0.1, 0.15) is 11.7 Å². The molecular weight excluding hydrogens is 479 g/mol. The number of ketones is 1. The summed E-state index contributed by atoms with van der Waals surface area (Å²) in [4.78, 5) is 32.3. The van der Waals surface area contributed by atoms with Crippen molar-refractivity contribution in [3.05, 3.63) is 64.0 Å². The Labute approximate surface area is 218 Å². The maximum Gasteiger partial charge on any atom is 0.219 e. The van der Waals surface area contributed by atoms with Crippen LogP contribution < -0.4 is 5.73 Å². The molecule has 2 N–H and O–H groups in total. The van der Waals surface area contributed by atoms with E-state index in [2.05, 4.69) is 11.6 Å². The first-order valence-electron chi connectivity index (χ1n) is 12.5. The first kappa shape index (κ1) is 27.7. The zero-order chi connectivity index (χ0) is 26.7. The van der Waals surface area contributed by atoms with Gasteiger partial charge in [-0.15, -0.1) is 0 Å². The number of amides is 1. The summed E-state index contributed by atoms with van der Waals surface area (Å²) in [5.74, 6) is -0.685. The summed E-state index contributed by atoms with van der Waals surface area (Å²) in [6.07, 6.45) is 4.82. The fraction of sp³-hybridized carbons (Fsp3) is 0.464. The molecule has 0 radical (unpaired) electrons. The third-order valence-corrected chi connectivity index (χ3v) is 7.47. The van der Waals surface area contributed by atoms with Gasteiger partial charge in [-0.25, -0.2) is 9.38 Å². The molecule has 1 amide bonds. The van der Waals surface area contributed by atoms with Gasteiger partial charge in [0.15, 0.2) is 5.78 Å². The second-order valence-electron chi connectivity index (χ2n) is 9.56. The van der Waals surface area contributed by atoms with Gasteiger partial charge in [-0.2, -0.15) is 0 Å². The van der Waals surface area contributed by atoms with E-state index in [1.165, 1.54) is 19.1 Å². The smallest absolute Gasteiger partial charge is 0.219 e. The molecule has 0 spiro atoms. The van der Waals surface area contributed by atoms with Crippen LogP contribution in [0.5, 0.6) is 0 Å². The first-order chi connectivity index (χ1) is 17.0. The molecule has 2 aliphatic heterocycles. The van der Waals surface area contributed by atoms with Crippen molar-refractivity contribution in [2.75, 3.05) is 13.1 Å². The van der Waals surface area contributed by atoms with Crippen molar-refractivity contribution in [3.63, 3.8) is 0 Å². The standard InChI is InChI=1S/C28H36ClFN4O2/c1-7-16(3)25(26-23(29)12-21(18(5)35)13-24(26)30)27-28(31)32-14-22(8-2)34(27)17(4)20-10-9-11-33(15-20)19(6)36/h12-14,16,20H,4,7-11,15H2,1-3,5-6H3,(H2,31,32)/b27-25+. The Bertz CT molecular complexity index is 1150. The van der Waals surface area contributed by atoms with Crippen molar-refractivity contribution in [2.45, 2.75) is 60.3 Å². The molecule has 2 heterocycles. The van der Waals surface area contributed by atoms with Gasteiger partial charge in [-0.05, 0) is 56.2 Å². The Balaban J connectivity index is 2.26. The number of nitrogens with zero attached hydrogens (tertiary/aromatic N) is 3. The van der Waals surface area contributed by atoms with Crippen LogP contribution in [0.3, 0.4) is 0 Å². The number of allylic oxidation sites excluding steroid dienone is 2. The maximum absolute atomic E-state index is 15.7. The van der Waals surface area contributed by atoms with E-state index < -0.39 is 5.82 Å². The van der Waals surface area contributed by atoms with E-state index in [0.717, 1.165) is 30.8 Å². The van der Waals surface area contributed by atoms with E-state index in [1.807, 2.05) is 30.6 Å². The number of piperidine rings is 1. The van der Waals surface area contributed by atoms with E-state index in [-0.39, 0.29) is 45.5 Å². The lowest BCUT2D eigenvalue weighted by Gasteiger charge is -2.41. The molecule has 0 aromatic heterocycles. The van der Waals surface area contributed by atoms with Crippen LogP contribution in [0.15, 0.2) is 47.0 Å². The second-order valence-corrected chi connectivity index (χ2v) is 9.97. The van der Waals surface area contributed by atoms with Crippen molar-refractivity contribution in [3.8, 4) is 0 Å². The fourth-order valence-corrected chi connectivity index (χ4v) is 5.22. The Morgan fingerprint density at radius 3 is 2.56 bits per heavy atom. The molecule has 1 saturated heterocycles. The summed E-state index contributed by atoms with van der Waals surface area (Å²) < 4.78 is 15.7. The second kappa shape index (κ2) is 11.4. The van der Waals surface area contributed by atoms with Gasteiger partial charge in [0.25, 0.3) is 0 Å². The monoisotopic (exact) mass is 514 g/mol. The average molecular weight is 515 g/mol. The molecule has 3 rings (SSSR count). The molecule has 6 nitrogen and oxygen atoms in total. The Morgan fingerprint density at radius 2 is 2.00 bits per heavy atom. The number of carbonyl (C=O) groups is 2. The number of hydrogen-bond acceptors (Lipinski definition) is 5. The number of carbonyl (C=O) groups excluding carboxylic acids is 2.